The fourth-order valence-electron chi connectivity index (χ4n) is 4.27. The van der Waals surface area contributed by atoms with Gasteiger partial charge in [0.2, 0.25) is 10.0 Å². The first-order chi connectivity index (χ1) is 17.0. The summed E-state index contributed by atoms with van der Waals surface area (Å²) in [5.74, 6) is 0.558. The average Bonchev–Trinajstić information content (AvgIpc) is 3.45. The molecule has 1 amide bonds. The molecule has 182 valence electrons. The van der Waals surface area contributed by atoms with Gasteiger partial charge in [-0.05, 0) is 61.4 Å². The number of anilines is 2. The number of amides is 1. The van der Waals surface area contributed by atoms with Crippen LogP contribution in [-0.2, 0) is 14.8 Å². The second kappa shape index (κ2) is 10.1. The second-order valence-corrected chi connectivity index (χ2v) is 10.5. The highest BCUT2D eigenvalue weighted by molar-refractivity contribution is 7.89. The van der Waals surface area contributed by atoms with Crippen molar-refractivity contribution in [2.45, 2.75) is 17.7 Å². The van der Waals surface area contributed by atoms with Gasteiger partial charge in [-0.2, -0.15) is 4.31 Å². The van der Waals surface area contributed by atoms with Crippen LogP contribution in [0.3, 0.4) is 0 Å². The van der Waals surface area contributed by atoms with E-state index in [0.29, 0.717) is 37.6 Å². The first-order valence-corrected chi connectivity index (χ1v) is 13.1. The molecular weight excluding hydrogens is 466 g/mol. The minimum absolute atomic E-state index is 0.161. The minimum atomic E-state index is -3.60. The fraction of sp³-hybridized carbons (Fsp3) is 0.320. The smallest absolute Gasteiger partial charge is 0.255 e. The van der Waals surface area contributed by atoms with Crippen molar-refractivity contribution in [2.24, 2.45) is 0 Å². The molecule has 35 heavy (non-hydrogen) atoms. The number of aromatic nitrogens is 2. The van der Waals surface area contributed by atoms with Gasteiger partial charge in [0.05, 0.1) is 23.8 Å². The van der Waals surface area contributed by atoms with Crippen LogP contribution in [0.15, 0.2) is 65.6 Å². The van der Waals surface area contributed by atoms with Crippen molar-refractivity contribution in [2.75, 3.05) is 49.6 Å². The van der Waals surface area contributed by atoms with Crippen molar-refractivity contribution in [3.63, 3.8) is 0 Å². The van der Waals surface area contributed by atoms with E-state index in [4.69, 9.17) is 4.74 Å². The maximum Gasteiger partial charge on any atom is 0.255 e. The number of carbonyl (C=O) groups is 1. The van der Waals surface area contributed by atoms with Crippen molar-refractivity contribution < 1.29 is 17.9 Å². The summed E-state index contributed by atoms with van der Waals surface area (Å²) in [6, 6.07) is 17.3. The lowest BCUT2D eigenvalue weighted by atomic mass is 10.1. The van der Waals surface area contributed by atoms with Gasteiger partial charge in [0.1, 0.15) is 0 Å². The van der Waals surface area contributed by atoms with Crippen molar-refractivity contribution in [1.29, 1.82) is 0 Å². The van der Waals surface area contributed by atoms with Crippen LogP contribution in [0.2, 0.25) is 0 Å². The number of rotatable bonds is 6. The Bertz CT molecular complexity index is 1280. The largest absolute Gasteiger partial charge is 0.379 e. The predicted molar refractivity (Wildman–Crippen MR) is 133 cm³/mol. The highest BCUT2D eigenvalue weighted by Crippen LogP contribution is 2.24. The molecular formula is C25H27N5O4S. The van der Waals surface area contributed by atoms with Crippen molar-refractivity contribution in [3.05, 3.63) is 66.2 Å². The van der Waals surface area contributed by atoms with Gasteiger partial charge >= 0.3 is 0 Å². The van der Waals surface area contributed by atoms with Crippen molar-refractivity contribution in [3.8, 4) is 11.3 Å². The van der Waals surface area contributed by atoms with Gasteiger partial charge < -0.3 is 15.0 Å². The molecule has 1 aromatic heterocycles. The van der Waals surface area contributed by atoms with Gasteiger partial charge in [-0.15, -0.1) is 10.2 Å². The molecule has 3 aromatic rings. The number of hydrogen-bond acceptors (Lipinski definition) is 7. The minimum Gasteiger partial charge on any atom is -0.379 e. The zero-order valence-electron chi connectivity index (χ0n) is 19.3. The van der Waals surface area contributed by atoms with E-state index in [1.807, 2.05) is 30.3 Å². The first-order valence-electron chi connectivity index (χ1n) is 11.7. The van der Waals surface area contributed by atoms with Crippen LogP contribution < -0.4 is 10.2 Å². The molecule has 9 nitrogen and oxygen atoms in total. The summed E-state index contributed by atoms with van der Waals surface area (Å²) >= 11 is 0. The summed E-state index contributed by atoms with van der Waals surface area (Å²) in [6.45, 7) is 3.43. The summed E-state index contributed by atoms with van der Waals surface area (Å²) in [6.07, 6.45) is 2.36. The third kappa shape index (κ3) is 5.19. The Labute approximate surface area is 204 Å². The molecule has 0 unspecified atom stereocenters. The molecule has 1 N–H and O–H groups in total. The monoisotopic (exact) mass is 493 g/mol. The van der Waals surface area contributed by atoms with Gasteiger partial charge in [-0.1, -0.05) is 12.1 Å². The lowest BCUT2D eigenvalue weighted by Gasteiger charge is -2.26. The summed E-state index contributed by atoms with van der Waals surface area (Å²) in [5.41, 5.74) is 2.55. The Morgan fingerprint density at radius 1 is 0.886 bits per heavy atom. The second-order valence-electron chi connectivity index (χ2n) is 8.55. The molecule has 5 rings (SSSR count). The molecule has 0 aliphatic carbocycles. The number of ether oxygens (including phenoxy) is 1. The molecule has 0 saturated carbocycles. The van der Waals surface area contributed by atoms with Crippen LogP contribution >= 0.6 is 0 Å². The summed E-state index contributed by atoms with van der Waals surface area (Å²) < 4.78 is 32.2. The number of sulfonamides is 1. The zero-order chi connectivity index (χ0) is 24.3. The lowest BCUT2D eigenvalue weighted by Crippen LogP contribution is -2.40. The standard InChI is InChI=1S/C25H27N5O4S/c31-25(19-6-8-22(9-7-19)35(32,33)30-14-16-34-17-15-30)26-21-5-3-4-20(18-21)23-10-11-24(28-27-23)29-12-1-2-13-29/h3-11,18H,1-2,12-17H2,(H,26,31). The lowest BCUT2D eigenvalue weighted by molar-refractivity contribution is 0.0730. The molecule has 2 aliphatic heterocycles. The van der Waals surface area contributed by atoms with E-state index >= 15 is 0 Å². The van der Waals surface area contributed by atoms with Crippen LogP contribution in [0.25, 0.3) is 11.3 Å². The molecule has 2 aliphatic rings. The molecule has 2 fully saturated rings. The van der Waals surface area contributed by atoms with E-state index in [-0.39, 0.29) is 10.8 Å². The number of nitrogens with one attached hydrogen (secondary N) is 1. The molecule has 10 heteroatoms. The Hall–Kier alpha value is -3.34. The third-order valence-corrected chi connectivity index (χ3v) is 8.13. The van der Waals surface area contributed by atoms with E-state index in [1.165, 1.54) is 41.4 Å². The van der Waals surface area contributed by atoms with E-state index in [2.05, 4.69) is 20.4 Å². The predicted octanol–water partition coefficient (Wildman–Crippen LogP) is 3.02. The topological polar surface area (TPSA) is 105 Å². The highest BCUT2D eigenvalue weighted by Gasteiger charge is 2.26. The first kappa shape index (κ1) is 23.4. The fourth-order valence-corrected chi connectivity index (χ4v) is 5.68. The number of carbonyl (C=O) groups excluding carboxylic acids is 1. The quantitative estimate of drug-likeness (QED) is 0.563. The van der Waals surface area contributed by atoms with Crippen LogP contribution in [0.5, 0.6) is 0 Å². The Balaban J connectivity index is 1.26. The molecule has 0 bridgehead atoms. The number of hydrogen-bond donors (Lipinski definition) is 1. The van der Waals surface area contributed by atoms with E-state index in [1.54, 1.807) is 6.07 Å². The molecule has 2 saturated heterocycles. The highest BCUT2D eigenvalue weighted by atomic mass is 32.2. The van der Waals surface area contributed by atoms with E-state index in [9.17, 15) is 13.2 Å². The van der Waals surface area contributed by atoms with Crippen LogP contribution in [-0.4, -0.2) is 68.2 Å². The normalized spacial score (nSPS) is 16.9. The van der Waals surface area contributed by atoms with Gasteiger partial charge in [-0.25, -0.2) is 8.42 Å². The summed E-state index contributed by atoms with van der Waals surface area (Å²) in [4.78, 5) is 15.2. The molecule has 0 spiro atoms. The van der Waals surface area contributed by atoms with E-state index < -0.39 is 10.0 Å². The Kier molecular flexibility index (Phi) is 6.76. The number of morpholine rings is 1. The SMILES string of the molecule is O=C(Nc1cccc(-c2ccc(N3CCCC3)nn2)c1)c1ccc(S(=O)(=O)N2CCOCC2)cc1. The van der Waals surface area contributed by atoms with Crippen LogP contribution in [0.4, 0.5) is 11.5 Å². The number of nitrogens with zero attached hydrogens (tertiary/aromatic N) is 4. The van der Waals surface area contributed by atoms with Crippen LogP contribution in [0, 0.1) is 0 Å². The van der Waals surface area contributed by atoms with Gasteiger partial charge in [-0.3, -0.25) is 4.79 Å². The van der Waals surface area contributed by atoms with Gasteiger partial charge in [0, 0.05) is 43.0 Å². The maximum absolute atomic E-state index is 12.8. The summed E-state index contributed by atoms with van der Waals surface area (Å²) in [5, 5.41) is 11.6. The van der Waals surface area contributed by atoms with E-state index in [0.717, 1.165) is 30.2 Å². The molecule has 0 radical (unpaired) electrons. The Morgan fingerprint density at radius 2 is 1.63 bits per heavy atom. The van der Waals surface area contributed by atoms with Crippen molar-refractivity contribution >= 4 is 27.4 Å². The number of benzene rings is 2. The molecule has 0 atom stereocenters. The van der Waals surface area contributed by atoms with Gasteiger partial charge in [0.25, 0.3) is 5.91 Å². The maximum atomic E-state index is 12.8. The van der Waals surface area contributed by atoms with Crippen molar-refractivity contribution in [1.82, 2.24) is 14.5 Å². The summed E-state index contributed by atoms with van der Waals surface area (Å²) in [7, 11) is -3.60. The van der Waals surface area contributed by atoms with Gasteiger partial charge in [0.15, 0.2) is 5.82 Å². The Morgan fingerprint density at radius 3 is 2.31 bits per heavy atom. The van der Waals surface area contributed by atoms with Crippen LogP contribution in [0.1, 0.15) is 23.2 Å². The average molecular weight is 494 g/mol. The molecule has 2 aromatic carbocycles. The zero-order valence-corrected chi connectivity index (χ0v) is 20.1. The molecule has 3 heterocycles. The third-order valence-electron chi connectivity index (χ3n) is 6.22.